The molecule has 9 heteroatoms. The van der Waals surface area contributed by atoms with Gasteiger partial charge in [-0.1, -0.05) is 0 Å². The second kappa shape index (κ2) is 6.76. The number of hydrogen-bond acceptors (Lipinski definition) is 5. The Morgan fingerprint density at radius 3 is 2.86 bits per heavy atom. The maximum Gasteiger partial charge on any atom is 0.226 e. The number of sulfonamides is 1. The zero-order valence-corrected chi connectivity index (χ0v) is 13.9. The zero-order chi connectivity index (χ0) is 16.3. The predicted octanol–water partition coefficient (Wildman–Crippen LogP) is -0.476. The first-order valence-corrected chi connectivity index (χ1v) is 8.96. The summed E-state index contributed by atoms with van der Waals surface area (Å²) in [5.41, 5.74) is 0.645. The van der Waals surface area contributed by atoms with E-state index in [1.807, 2.05) is 17.7 Å². The minimum absolute atomic E-state index is 0.125. The molecular weight excluding hydrogens is 308 g/mol. The van der Waals surface area contributed by atoms with Gasteiger partial charge in [0.1, 0.15) is 5.82 Å². The second-order valence-corrected chi connectivity index (χ2v) is 7.29. The van der Waals surface area contributed by atoms with Crippen LogP contribution in [0, 0.1) is 0 Å². The number of imidazole rings is 1. The molecule has 1 aromatic heterocycles. The van der Waals surface area contributed by atoms with Crippen molar-refractivity contribution in [1.29, 1.82) is 0 Å². The first kappa shape index (κ1) is 16.9. The van der Waals surface area contributed by atoms with Gasteiger partial charge in [0, 0.05) is 32.9 Å². The Labute approximate surface area is 130 Å². The number of carbonyl (C=O) groups excluding carboxylic acids is 1. The molecule has 0 aliphatic carbocycles. The maximum absolute atomic E-state index is 11.8. The van der Waals surface area contributed by atoms with Crippen LogP contribution in [0.25, 0.3) is 0 Å². The lowest BCUT2D eigenvalue weighted by atomic mass is 10.2. The minimum Gasteiger partial charge on any atom is -0.383 e. The highest BCUT2D eigenvalue weighted by atomic mass is 32.2. The summed E-state index contributed by atoms with van der Waals surface area (Å²) in [6, 6.07) is -0.325. The molecule has 0 radical (unpaired) electrons. The van der Waals surface area contributed by atoms with Gasteiger partial charge in [-0.15, -0.1) is 0 Å². The van der Waals surface area contributed by atoms with E-state index in [4.69, 9.17) is 4.74 Å². The van der Waals surface area contributed by atoms with Crippen molar-refractivity contribution in [2.24, 2.45) is 0 Å². The fourth-order valence-corrected chi connectivity index (χ4v) is 3.67. The Balaban J connectivity index is 2.06. The van der Waals surface area contributed by atoms with Crippen LogP contribution in [0.4, 0.5) is 0 Å². The number of amides is 1. The van der Waals surface area contributed by atoms with Crippen molar-refractivity contribution in [3.8, 4) is 0 Å². The van der Waals surface area contributed by atoms with E-state index in [0.29, 0.717) is 37.8 Å². The number of hydrogen-bond donors (Lipinski definition) is 1. The summed E-state index contributed by atoms with van der Waals surface area (Å²) in [6.45, 7) is 3.70. The van der Waals surface area contributed by atoms with Crippen molar-refractivity contribution in [2.75, 3.05) is 33.1 Å². The molecule has 2 rings (SSSR count). The lowest BCUT2D eigenvalue weighted by molar-refractivity contribution is -0.120. The molecule has 8 nitrogen and oxygen atoms in total. The summed E-state index contributed by atoms with van der Waals surface area (Å²) in [6.07, 6.45) is 3.20. The fraction of sp³-hybridized carbons (Fsp3) is 0.692. The van der Waals surface area contributed by atoms with E-state index in [-0.39, 0.29) is 18.4 Å². The lowest BCUT2D eigenvalue weighted by Crippen LogP contribution is -2.40. The number of carbonyl (C=O) groups is 1. The first-order chi connectivity index (χ1) is 10.3. The van der Waals surface area contributed by atoms with E-state index >= 15 is 0 Å². The summed E-state index contributed by atoms with van der Waals surface area (Å²) in [5.74, 6) is 0.552. The Morgan fingerprint density at radius 1 is 1.50 bits per heavy atom. The molecule has 0 fully saturated rings. The van der Waals surface area contributed by atoms with Crippen molar-refractivity contribution in [3.05, 3.63) is 17.7 Å². The third kappa shape index (κ3) is 3.84. The van der Waals surface area contributed by atoms with Crippen LogP contribution >= 0.6 is 0 Å². The maximum atomic E-state index is 11.8. The molecule has 1 aromatic rings. The van der Waals surface area contributed by atoms with Crippen LogP contribution in [0.2, 0.25) is 0 Å². The highest BCUT2D eigenvalue weighted by Crippen LogP contribution is 2.26. The molecule has 0 aromatic carbocycles. The smallest absolute Gasteiger partial charge is 0.226 e. The largest absolute Gasteiger partial charge is 0.383 e. The average molecular weight is 330 g/mol. The molecule has 0 saturated carbocycles. The van der Waals surface area contributed by atoms with Crippen LogP contribution in [-0.4, -0.2) is 61.2 Å². The number of ether oxygens (including phenoxy) is 1. The van der Waals surface area contributed by atoms with Crippen LogP contribution in [0.3, 0.4) is 0 Å². The molecule has 1 aliphatic rings. The highest BCUT2D eigenvalue weighted by Gasteiger charge is 2.31. The molecule has 1 atom stereocenters. The Kier molecular flexibility index (Phi) is 5.20. The molecule has 22 heavy (non-hydrogen) atoms. The van der Waals surface area contributed by atoms with E-state index in [9.17, 15) is 13.2 Å². The Morgan fingerprint density at radius 2 is 2.23 bits per heavy atom. The van der Waals surface area contributed by atoms with Gasteiger partial charge in [-0.05, 0) is 6.92 Å². The van der Waals surface area contributed by atoms with Crippen molar-refractivity contribution in [2.45, 2.75) is 25.9 Å². The molecule has 1 aliphatic heterocycles. The SMILES string of the molecule is COCCNC(=O)Cc1cn2c(n1)[C@H](C)N(S(C)(=O)=O)CC2. The van der Waals surface area contributed by atoms with Crippen molar-refractivity contribution in [1.82, 2.24) is 19.2 Å². The van der Waals surface area contributed by atoms with E-state index in [0.717, 1.165) is 0 Å². The molecule has 1 amide bonds. The van der Waals surface area contributed by atoms with Gasteiger partial charge < -0.3 is 14.6 Å². The van der Waals surface area contributed by atoms with Gasteiger partial charge in [-0.25, -0.2) is 13.4 Å². The molecule has 124 valence electrons. The van der Waals surface area contributed by atoms with E-state index in [1.54, 1.807) is 7.11 Å². The van der Waals surface area contributed by atoms with Gasteiger partial charge in [0.05, 0.1) is 31.0 Å². The number of nitrogens with one attached hydrogen (secondary N) is 1. The summed E-state index contributed by atoms with van der Waals surface area (Å²) in [7, 11) is -1.69. The van der Waals surface area contributed by atoms with Crippen LogP contribution in [0.5, 0.6) is 0 Å². The standard InChI is InChI=1S/C13H22N4O4S/c1-10-13-15-11(8-12(18)14-4-7-21-2)9-16(13)5-6-17(10)22(3,19)20/h9-10H,4-8H2,1-3H3,(H,14,18)/t10-/m0/s1. The van der Waals surface area contributed by atoms with Gasteiger partial charge in [0.15, 0.2) is 0 Å². The topological polar surface area (TPSA) is 93.5 Å². The van der Waals surface area contributed by atoms with Crippen LogP contribution in [0.15, 0.2) is 6.20 Å². The monoisotopic (exact) mass is 330 g/mol. The predicted molar refractivity (Wildman–Crippen MR) is 80.8 cm³/mol. The van der Waals surface area contributed by atoms with Gasteiger partial charge in [-0.2, -0.15) is 4.31 Å². The van der Waals surface area contributed by atoms with Crippen LogP contribution in [-0.2, 0) is 32.5 Å². The molecule has 0 saturated heterocycles. The molecule has 0 bridgehead atoms. The molecular formula is C13H22N4O4S. The molecule has 0 unspecified atom stereocenters. The van der Waals surface area contributed by atoms with Crippen molar-refractivity contribution < 1.29 is 17.9 Å². The number of nitrogens with zero attached hydrogens (tertiary/aromatic N) is 3. The molecule has 2 heterocycles. The second-order valence-electron chi connectivity index (χ2n) is 5.35. The van der Waals surface area contributed by atoms with Gasteiger partial charge in [-0.3, -0.25) is 4.79 Å². The molecule has 0 spiro atoms. The fourth-order valence-electron chi connectivity index (χ4n) is 2.59. The number of rotatable bonds is 6. The normalized spacial score (nSPS) is 19.0. The Bertz CT molecular complexity index is 640. The average Bonchev–Trinajstić information content (AvgIpc) is 2.81. The van der Waals surface area contributed by atoms with Gasteiger partial charge in [0.25, 0.3) is 0 Å². The first-order valence-electron chi connectivity index (χ1n) is 7.11. The van der Waals surface area contributed by atoms with E-state index in [2.05, 4.69) is 10.3 Å². The van der Waals surface area contributed by atoms with Crippen LogP contribution in [0.1, 0.15) is 24.5 Å². The zero-order valence-electron chi connectivity index (χ0n) is 13.1. The summed E-state index contributed by atoms with van der Waals surface area (Å²) >= 11 is 0. The van der Waals surface area contributed by atoms with E-state index < -0.39 is 10.0 Å². The molecule has 1 N–H and O–H groups in total. The van der Waals surface area contributed by atoms with Crippen molar-refractivity contribution >= 4 is 15.9 Å². The summed E-state index contributed by atoms with van der Waals surface area (Å²) in [5, 5.41) is 2.74. The Hall–Kier alpha value is -1.45. The third-order valence-corrected chi connectivity index (χ3v) is 4.97. The van der Waals surface area contributed by atoms with Crippen molar-refractivity contribution in [3.63, 3.8) is 0 Å². The van der Waals surface area contributed by atoms with Crippen LogP contribution < -0.4 is 5.32 Å². The third-order valence-electron chi connectivity index (χ3n) is 3.62. The lowest BCUT2D eigenvalue weighted by Gasteiger charge is -2.31. The van der Waals surface area contributed by atoms with Gasteiger partial charge >= 0.3 is 0 Å². The minimum atomic E-state index is -3.26. The quantitative estimate of drug-likeness (QED) is 0.712. The van der Waals surface area contributed by atoms with E-state index in [1.165, 1.54) is 10.6 Å². The summed E-state index contributed by atoms with van der Waals surface area (Å²) < 4.78 is 31.7. The number of fused-ring (bicyclic) bond motifs is 1. The highest BCUT2D eigenvalue weighted by molar-refractivity contribution is 7.88. The summed E-state index contributed by atoms with van der Waals surface area (Å²) in [4.78, 5) is 16.2. The number of methoxy groups -OCH3 is 1. The van der Waals surface area contributed by atoms with Gasteiger partial charge in [0.2, 0.25) is 15.9 Å². The number of aromatic nitrogens is 2.